The Morgan fingerprint density at radius 1 is 1.50 bits per heavy atom. The van der Waals surface area contributed by atoms with Crippen molar-refractivity contribution in [2.24, 2.45) is 0 Å². The van der Waals surface area contributed by atoms with Crippen LogP contribution in [0.25, 0.3) is 6.08 Å². The zero-order chi connectivity index (χ0) is 10.7. The molecular formula is C10H8Br2ClF. The smallest absolute Gasteiger partial charge is 0.130 e. The molecule has 0 nitrogen and oxygen atoms in total. The van der Waals surface area contributed by atoms with Crippen LogP contribution in [0.5, 0.6) is 0 Å². The number of hydrogen-bond donors (Lipinski definition) is 0. The van der Waals surface area contributed by atoms with Gasteiger partial charge in [-0.2, -0.15) is 0 Å². The van der Waals surface area contributed by atoms with Crippen molar-refractivity contribution in [2.45, 2.75) is 13.3 Å². The molecule has 0 heterocycles. The lowest BCUT2D eigenvalue weighted by molar-refractivity contribution is 0.623. The van der Waals surface area contributed by atoms with Crippen molar-refractivity contribution in [3.63, 3.8) is 0 Å². The molecule has 4 heteroatoms. The van der Waals surface area contributed by atoms with Gasteiger partial charge in [-0.3, -0.25) is 0 Å². The molecule has 0 saturated heterocycles. The van der Waals surface area contributed by atoms with Crippen molar-refractivity contribution in [1.82, 2.24) is 0 Å². The predicted molar refractivity (Wildman–Crippen MR) is 66.6 cm³/mol. The first-order valence-corrected chi connectivity index (χ1v) is 6.02. The first kappa shape index (κ1) is 12.2. The minimum atomic E-state index is -0.261. The third-order valence-electron chi connectivity index (χ3n) is 1.85. The van der Waals surface area contributed by atoms with E-state index in [1.807, 2.05) is 6.92 Å². The Balaban J connectivity index is 3.37. The quantitative estimate of drug-likeness (QED) is 0.699. The first-order valence-electron chi connectivity index (χ1n) is 4.05. The van der Waals surface area contributed by atoms with Crippen molar-refractivity contribution >= 4 is 49.5 Å². The molecule has 0 aliphatic carbocycles. The van der Waals surface area contributed by atoms with Crippen LogP contribution in [0, 0.1) is 5.82 Å². The summed E-state index contributed by atoms with van der Waals surface area (Å²) in [5.74, 6) is -0.261. The molecule has 1 rings (SSSR count). The fourth-order valence-corrected chi connectivity index (χ4v) is 1.99. The highest BCUT2D eigenvalue weighted by atomic mass is 79.9. The summed E-state index contributed by atoms with van der Waals surface area (Å²) in [7, 11) is 0. The van der Waals surface area contributed by atoms with Crippen molar-refractivity contribution < 1.29 is 4.39 Å². The van der Waals surface area contributed by atoms with Gasteiger partial charge in [-0.25, -0.2) is 4.39 Å². The largest absolute Gasteiger partial charge is 0.206 e. The van der Waals surface area contributed by atoms with E-state index in [9.17, 15) is 4.39 Å². The third kappa shape index (κ3) is 2.81. The van der Waals surface area contributed by atoms with Crippen LogP contribution in [0.15, 0.2) is 15.5 Å². The second-order valence-corrected chi connectivity index (χ2v) is 5.89. The van der Waals surface area contributed by atoms with Gasteiger partial charge in [0, 0.05) is 10.6 Å². The van der Waals surface area contributed by atoms with E-state index in [4.69, 9.17) is 11.6 Å². The summed E-state index contributed by atoms with van der Waals surface area (Å²) in [6.45, 7) is 1.94. The van der Waals surface area contributed by atoms with Gasteiger partial charge >= 0.3 is 0 Å². The fourth-order valence-electron chi connectivity index (χ4n) is 1.23. The van der Waals surface area contributed by atoms with Gasteiger partial charge in [0.05, 0.1) is 3.39 Å². The van der Waals surface area contributed by atoms with E-state index in [-0.39, 0.29) is 5.82 Å². The third-order valence-corrected chi connectivity index (χ3v) is 2.67. The van der Waals surface area contributed by atoms with E-state index in [0.717, 1.165) is 5.56 Å². The van der Waals surface area contributed by atoms with Crippen molar-refractivity contribution in [3.8, 4) is 0 Å². The summed E-state index contributed by atoms with van der Waals surface area (Å²) in [4.78, 5) is 0. The topological polar surface area (TPSA) is 0 Å². The second kappa shape index (κ2) is 5.29. The molecular weight excluding hydrogens is 334 g/mol. The highest BCUT2D eigenvalue weighted by Crippen LogP contribution is 2.28. The summed E-state index contributed by atoms with van der Waals surface area (Å²) in [6, 6.07) is 2.95. The highest BCUT2D eigenvalue weighted by molar-refractivity contribution is 9.28. The molecule has 0 aliphatic rings. The van der Waals surface area contributed by atoms with Crippen LogP contribution in [0.1, 0.15) is 18.1 Å². The fraction of sp³-hybridized carbons (Fsp3) is 0.200. The van der Waals surface area contributed by atoms with E-state index in [1.54, 1.807) is 12.1 Å². The first-order chi connectivity index (χ1) is 6.56. The van der Waals surface area contributed by atoms with Gasteiger partial charge in [0.15, 0.2) is 0 Å². The normalized spacial score (nSPS) is 10.1. The van der Waals surface area contributed by atoms with Gasteiger partial charge in [-0.05, 0) is 62.1 Å². The zero-order valence-corrected chi connectivity index (χ0v) is 11.4. The molecule has 1 aromatic carbocycles. The van der Waals surface area contributed by atoms with Crippen LogP contribution in [0.2, 0.25) is 5.02 Å². The lowest BCUT2D eigenvalue weighted by Gasteiger charge is -2.07. The van der Waals surface area contributed by atoms with E-state index >= 15 is 0 Å². The summed E-state index contributed by atoms with van der Waals surface area (Å²) in [5.41, 5.74) is 1.35. The maximum absolute atomic E-state index is 13.4. The summed E-state index contributed by atoms with van der Waals surface area (Å²) < 4.78 is 14.1. The predicted octanol–water partition coefficient (Wildman–Crippen LogP) is 5.13. The average molecular weight is 342 g/mol. The summed E-state index contributed by atoms with van der Waals surface area (Å²) >= 11 is 12.4. The standard InChI is InChI=1S/C10H8Br2ClF/c1-2-6-7(5-10(11)12)9(14)4-3-8(6)13/h3-5H,2H2,1H3. The molecule has 1 aromatic rings. The van der Waals surface area contributed by atoms with Crippen LogP contribution < -0.4 is 0 Å². The molecule has 14 heavy (non-hydrogen) atoms. The Bertz CT molecular complexity index is 371. The maximum Gasteiger partial charge on any atom is 0.130 e. The van der Waals surface area contributed by atoms with E-state index in [0.29, 0.717) is 20.4 Å². The van der Waals surface area contributed by atoms with Crippen LogP contribution >= 0.6 is 43.5 Å². The molecule has 0 amide bonds. The SMILES string of the molecule is CCc1c(Cl)ccc(F)c1C=C(Br)Br. The molecule has 0 saturated carbocycles. The molecule has 0 aliphatic heterocycles. The Morgan fingerprint density at radius 2 is 2.14 bits per heavy atom. The number of halogens is 4. The van der Waals surface area contributed by atoms with Crippen LogP contribution in [0.4, 0.5) is 4.39 Å². The number of benzene rings is 1. The van der Waals surface area contributed by atoms with Crippen LogP contribution in [-0.4, -0.2) is 0 Å². The maximum atomic E-state index is 13.4. The number of hydrogen-bond acceptors (Lipinski definition) is 0. The molecule has 0 radical (unpaired) electrons. The van der Waals surface area contributed by atoms with E-state index in [1.165, 1.54) is 6.07 Å². The van der Waals surface area contributed by atoms with Gasteiger partial charge in [0.2, 0.25) is 0 Å². The zero-order valence-electron chi connectivity index (χ0n) is 7.45. The van der Waals surface area contributed by atoms with E-state index < -0.39 is 0 Å². The molecule has 0 spiro atoms. The van der Waals surface area contributed by atoms with Gasteiger partial charge < -0.3 is 0 Å². The monoisotopic (exact) mass is 340 g/mol. The molecule has 0 unspecified atom stereocenters. The summed E-state index contributed by atoms with van der Waals surface area (Å²) in [6.07, 6.45) is 2.37. The molecule has 0 bridgehead atoms. The second-order valence-electron chi connectivity index (χ2n) is 2.71. The van der Waals surface area contributed by atoms with Crippen molar-refractivity contribution in [2.75, 3.05) is 0 Å². The Morgan fingerprint density at radius 3 is 2.64 bits per heavy atom. The van der Waals surface area contributed by atoms with E-state index in [2.05, 4.69) is 31.9 Å². The lowest BCUT2D eigenvalue weighted by Crippen LogP contribution is -1.92. The molecule has 0 aromatic heterocycles. The van der Waals surface area contributed by atoms with Gasteiger partial charge in [0.1, 0.15) is 5.82 Å². The van der Waals surface area contributed by atoms with Crippen LogP contribution in [-0.2, 0) is 6.42 Å². The van der Waals surface area contributed by atoms with Crippen molar-refractivity contribution in [1.29, 1.82) is 0 Å². The average Bonchev–Trinajstić information content (AvgIpc) is 2.11. The highest BCUT2D eigenvalue weighted by Gasteiger charge is 2.09. The lowest BCUT2D eigenvalue weighted by atomic mass is 10.0. The number of rotatable bonds is 2. The van der Waals surface area contributed by atoms with Gasteiger partial charge in [0.25, 0.3) is 0 Å². The Kier molecular flexibility index (Phi) is 4.61. The molecule has 0 N–H and O–H groups in total. The Labute approximate surface area is 104 Å². The minimum Gasteiger partial charge on any atom is -0.206 e. The molecule has 0 atom stereocenters. The molecule has 0 fully saturated rings. The van der Waals surface area contributed by atoms with Crippen LogP contribution in [0.3, 0.4) is 0 Å². The van der Waals surface area contributed by atoms with Crippen molar-refractivity contribution in [3.05, 3.63) is 37.5 Å². The molecule has 76 valence electrons. The summed E-state index contributed by atoms with van der Waals surface area (Å²) in [5, 5.41) is 0.599. The van der Waals surface area contributed by atoms with Gasteiger partial charge in [-0.15, -0.1) is 0 Å². The Hall–Kier alpha value is 0.140. The minimum absolute atomic E-state index is 0.261. The van der Waals surface area contributed by atoms with Gasteiger partial charge in [-0.1, -0.05) is 18.5 Å².